The fourth-order valence-electron chi connectivity index (χ4n) is 2.05. The summed E-state index contributed by atoms with van der Waals surface area (Å²) in [6, 6.07) is 0. The van der Waals surface area contributed by atoms with Gasteiger partial charge in [0.05, 0.1) is 6.10 Å². The molecule has 1 heterocycles. The van der Waals surface area contributed by atoms with Gasteiger partial charge in [-0.2, -0.15) is 0 Å². The molecule has 17 heavy (non-hydrogen) atoms. The van der Waals surface area contributed by atoms with E-state index in [1.165, 1.54) is 0 Å². The lowest BCUT2D eigenvalue weighted by atomic mass is 9.96. The molecule has 0 aliphatic carbocycles. The van der Waals surface area contributed by atoms with E-state index in [0.29, 0.717) is 6.54 Å². The van der Waals surface area contributed by atoms with Gasteiger partial charge in [-0.15, -0.1) is 0 Å². The van der Waals surface area contributed by atoms with Crippen molar-refractivity contribution in [1.29, 1.82) is 0 Å². The first-order valence-corrected chi connectivity index (χ1v) is 6.62. The number of amides is 1. The van der Waals surface area contributed by atoms with Gasteiger partial charge in [0.2, 0.25) is 5.91 Å². The summed E-state index contributed by atoms with van der Waals surface area (Å²) in [4.78, 5) is 15.8. The number of carbonyl (C=O) groups is 1. The molecule has 4 nitrogen and oxygen atoms in total. The highest BCUT2D eigenvalue weighted by atomic mass is 16.3. The van der Waals surface area contributed by atoms with Crippen LogP contribution in [0.15, 0.2) is 0 Å². The Morgan fingerprint density at radius 3 is 2.29 bits per heavy atom. The summed E-state index contributed by atoms with van der Waals surface area (Å²) in [6.07, 6.45) is 1.45. The number of aliphatic hydroxyl groups excluding tert-OH is 1. The first-order chi connectivity index (χ1) is 8.00. The maximum Gasteiger partial charge on any atom is 0.225 e. The highest BCUT2D eigenvalue weighted by molar-refractivity contribution is 5.78. The number of aliphatic hydroxyl groups is 1. The second-order valence-electron chi connectivity index (χ2n) is 4.65. The molecule has 0 bridgehead atoms. The molecular formula is C13H28N2O2. The van der Waals surface area contributed by atoms with Gasteiger partial charge in [0.25, 0.3) is 0 Å². The van der Waals surface area contributed by atoms with Crippen LogP contribution in [-0.2, 0) is 4.79 Å². The molecule has 1 N–H and O–H groups in total. The first kappa shape index (κ1) is 16.4. The van der Waals surface area contributed by atoms with E-state index in [0.717, 1.165) is 25.9 Å². The van der Waals surface area contributed by atoms with Crippen LogP contribution in [0.5, 0.6) is 0 Å². The Kier molecular flexibility index (Phi) is 8.17. The van der Waals surface area contributed by atoms with Gasteiger partial charge in [-0.05, 0) is 39.9 Å². The third-order valence-corrected chi connectivity index (χ3v) is 2.98. The summed E-state index contributed by atoms with van der Waals surface area (Å²) in [5, 5.41) is 9.21. The zero-order chi connectivity index (χ0) is 13.4. The minimum Gasteiger partial charge on any atom is -0.392 e. The molecule has 1 rings (SSSR count). The van der Waals surface area contributed by atoms with Crippen molar-refractivity contribution in [3.05, 3.63) is 0 Å². The normalized spacial score (nSPS) is 19.2. The molecule has 102 valence electrons. The van der Waals surface area contributed by atoms with E-state index >= 15 is 0 Å². The lowest BCUT2D eigenvalue weighted by Crippen LogP contribution is -2.42. The van der Waals surface area contributed by atoms with Crippen molar-refractivity contribution in [1.82, 2.24) is 9.80 Å². The molecule has 1 fully saturated rings. The quantitative estimate of drug-likeness (QED) is 0.811. The van der Waals surface area contributed by atoms with Gasteiger partial charge in [-0.3, -0.25) is 4.79 Å². The highest BCUT2D eigenvalue weighted by Gasteiger charge is 2.25. The number of hydrogen-bond donors (Lipinski definition) is 1. The molecule has 1 saturated heterocycles. The zero-order valence-electron chi connectivity index (χ0n) is 11.9. The van der Waals surface area contributed by atoms with Crippen molar-refractivity contribution in [2.75, 3.05) is 33.7 Å². The smallest absolute Gasteiger partial charge is 0.225 e. The molecule has 0 saturated carbocycles. The summed E-state index contributed by atoms with van der Waals surface area (Å²) >= 11 is 0. The van der Waals surface area contributed by atoms with Crippen LogP contribution in [0.1, 0.15) is 33.6 Å². The fraction of sp³-hybridized carbons (Fsp3) is 0.923. The summed E-state index contributed by atoms with van der Waals surface area (Å²) < 4.78 is 0. The Morgan fingerprint density at radius 1 is 1.41 bits per heavy atom. The van der Waals surface area contributed by atoms with Crippen molar-refractivity contribution in [3.8, 4) is 0 Å². The van der Waals surface area contributed by atoms with Crippen LogP contribution in [0.25, 0.3) is 0 Å². The topological polar surface area (TPSA) is 43.8 Å². The van der Waals surface area contributed by atoms with E-state index in [9.17, 15) is 9.90 Å². The molecule has 0 radical (unpaired) electrons. The molecule has 1 amide bonds. The number of likely N-dealkylation sites (N-methyl/N-ethyl adjacent to an activating group) is 1. The number of piperidine rings is 1. The number of carbonyl (C=O) groups excluding carboxylic acids is 1. The van der Waals surface area contributed by atoms with E-state index in [2.05, 4.69) is 11.9 Å². The Hall–Kier alpha value is -0.610. The first-order valence-electron chi connectivity index (χ1n) is 6.62. The van der Waals surface area contributed by atoms with E-state index in [1.807, 2.05) is 13.8 Å². The minimum absolute atomic E-state index is 0.157. The Bertz CT molecular complexity index is 211. The van der Waals surface area contributed by atoms with Gasteiger partial charge in [-0.25, -0.2) is 0 Å². The molecule has 0 aromatic rings. The molecule has 1 aliphatic rings. The van der Waals surface area contributed by atoms with Crippen LogP contribution in [0.4, 0.5) is 0 Å². The predicted octanol–water partition coefficient (Wildman–Crippen LogP) is 1.19. The highest BCUT2D eigenvalue weighted by Crippen LogP contribution is 2.18. The molecule has 0 aromatic carbocycles. The number of hydrogen-bond acceptors (Lipinski definition) is 3. The SMILES string of the molecule is CC.CC(O)CN(C)C(=O)C1CCN(C)CC1. The van der Waals surface area contributed by atoms with Gasteiger partial charge in [0.1, 0.15) is 0 Å². The maximum atomic E-state index is 11.9. The molecular weight excluding hydrogens is 216 g/mol. The van der Waals surface area contributed by atoms with Crippen molar-refractivity contribution in [3.63, 3.8) is 0 Å². The Labute approximate surface area is 106 Å². The average Bonchev–Trinajstić information content (AvgIpc) is 2.31. The van der Waals surface area contributed by atoms with E-state index < -0.39 is 6.10 Å². The number of rotatable bonds is 3. The van der Waals surface area contributed by atoms with Crippen molar-refractivity contribution in [2.24, 2.45) is 5.92 Å². The average molecular weight is 244 g/mol. The van der Waals surface area contributed by atoms with Crippen molar-refractivity contribution in [2.45, 2.75) is 39.7 Å². The largest absolute Gasteiger partial charge is 0.392 e. The van der Waals surface area contributed by atoms with Crippen molar-refractivity contribution < 1.29 is 9.90 Å². The van der Waals surface area contributed by atoms with Gasteiger partial charge in [0, 0.05) is 19.5 Å². The van der Waals surface area contributed by atoms with Crippen LogP contribution >= 0.6 is 0 Å². The van der Waals surface area contributed by atoms with Crippen LogP contribution in [0.2, 0.25) is 0 Å². The second-order valence-corrected chi connectivity index (χ2v) is 4.65. The second kappa shape index (κ2) is 8.48. The van der Waals surface area contributed by atoms with Crippen LogP contribution in [0.3, 0.4) is 0 Å². The summed E-state index contributed by atoms with van der Waals surface area (Å²) in [6.45, 7) is 8.14. The lowest BCUT2D eigenvalue weighted by molar-refractivity contribution is -0.136. The fourth-order valence-corrected chi connectivity index (χ4v) is 2.05. The standard InChI is InChI=1S/C11H22N2O2.C2H6/c1-9(14)8-13(3)11(15)10-4-6-12(2)7-5-10;1-2/h9-10,14H,4-8H2,1-3H3;1-2H3. The van der Waals surface area contributed by atoms with Crippen LogP contribution < -0.4 is 0 Å². The molecule has 1 unspecified atom stereocenters. The van der Waals surface area contributed by atoms with E-state index in [-0.39, 0.29) is 11.8 Å². The molecule has 0 aromatic heterocycles. The summed E-state index contributed by atoms with van der Waals surface area (Å²) in [7, 11) is 3.85. The van der Waals surface area contributed by atoms with Crippen LogP contribution in [-0.4, -0.2) is 60.6 Å². The monoisotopic (exact) mass is 244 g/mol. The van der Waals surface area contributed by atoms with E-state index in [1.54, 1.807) is 18.9 Å². The van der Waals surface area contributed by atoms with Crippen LogP contribution in [0, 0.1) is 5.92 Å². The summed E-state index contributed by atoms with van der Waals surface area (Å²) in [5.74, 6) is 0.342. The predicted molar refractivity (Wildman–Crippen MR) is 70.9 cm³/mol. The molecule has 1 aliphatic heterocycles. The number of nitrogens with zero attached hydrogens (tertiary/aromatic N) is 2. The van der Waals surface area contributed by atoms with Crippen molar-refractivity contribution >= 4 is 5.91 Å². The van der Waals surface area contributed by atoms with E-state index in [4.69, 9.17) is 0 Å². The Balaban J connectivity index is 0.00000121. The zero-order valence-corrected chi connectivity index (χ0v) is 11.9. The molecule has 4 heteroatoms. The summed E-state index contributed by atoms with van der Waals surface area (Å²) in [5.41, 5.74) is 0. The van der Waals surface area contributed by atoms with Gasteiger partial charge >= 0.3 is 0 Å². The number of likely N-dealkylation sites (tertiary alicyclic amines) is 1. The van der Waals surface area contributed by atoms with Gasteiger partial charge in [0.15, 0.2) is 0 Å². The van der Waals surface area contributed by atoms with Gasteiger partial charge < -0.3 is 14.9 Å². The lowest BCUT2D eigenvalue weighted by Gasteiger charge is -2.31. The van der Waals surface area contributed by atoms with Gasteiger partial charge in [-0.1, -0.05) is 13.8 Å². The third-order valence-electron chi connectivity index (χ3n) is 2.98. The minimum atomic E-state index is -0.440. The molecule has 0 spiro atoms. The molecule has 1 atom stereocenters. The third kappa shape index (κ3) is 6.03. The Morgan fingerprint density at radius 2 is 1.88 bits per heavy atom. The maximum absolute atomic E-state index is 11.9.